The molecule has 2 heterocycles. The summed E-state index contributed by atoms with van der Waals surface area (Å²) in [5.74, 6) is 0. The molecule has 0 atom stereocenters. The monoisotopic (exact) mass is 238 g/mol. The van der Waals surface area contributed by atoms with Crippen LogP contribution >= 0.6 is 56.4 Å². The van der Waals surface area contributed by atoms with Gasteiger partial charge >= 0.3 is 0 Å². The predicted molar refractivity (Wildman–Crippen MR) is 58.8 cm³/mol. The average Bonchev–Trinajstić information content (AvgIpc) is 2.31. The maximum absolute atomic E-state index is 5.21. The third-order valence-electron chi connectivity index (χ3n) is 1.25. The molecule has 1 aliphatic heterocycles. The Morgan fingerprint density at radius 3 is 2.55 bits per heavy atom. The van der Waals surface area contributed by atoms with Crippen LogP contribution in [0.4, 0.5) is 0 Å². The van der Waals surface area contributed by atoms with E-state index >= 15 is 0 Å². The molecule has 0 aliphatic carbocycles. The summed E-state index contributed by atoms with van der Waals surface area (Å²) in [5.41, 5.74) is 0. The first kappa shape index (κ1) is 8.56. The number of thioether (sulfide) groups is 2. The fraction of sp³-hybridized carbons (Fsp3) is 0.500. The van der Waals surface area contributed by atoms with Gasteiger partial charge in [-0.05, 0) is 13.8 Å². The lowest BCUT2D eigenvalue weighted by Gasteiger charge is -2.12. The third-order valence-corrected chi connectivity index (χ3v) is 7.88. The van der Waals surface area contributed by atoms with Gasteiger partial charge in [-0.15, -0.1) is 11.8 Å². The van der Waals surface area contributed by atoms with Crippen molar-refractivity contribution in [3.05, 3.63) is 3.82 Å². The Labute approximate surface area is 86.8 Å². The van der Waals surface area contributed by atoms with E-state index < -0.39 is 0 Å². The Balaban J connectivity index is 2.50. The van der Waals surface area contributed by atoms with Gasteiger partial charge in [-0.25, -0.2) is 0 Å². The molecule has 1 aromatic rings. The Kier molecular flexibility index (Phi) is 2.13. The van der Waals surface area contributed by atoms with Gasteiger partial charge in [0.05, 0.1) is 13.2 Å². The Morgan fingerprint density at radius 2 is 1.91 bits per heavy atom. The minimum atomic E-state index is 0.308. The lowest BCUT2D eigenvalue weighted by Crippen LogP contribution is -2.01. The molecule has 0 aromatic carbocycles. The van der Waals surface area contributed by atoms with Crippen molar-refractivity contribution in [2.75, 3.05) is 0 Å². The van der Waals surface area contributed by atoms with Crippen LogP contribution in [0, 0.1) is 3.82 Å². The Hall–Kier alpha value is 0.970. The zero-order chi connectivity index (χ0) is 8.06. The van der Waals surface area contributed by atoms with Crippen LogP contribution in [-0.2, 0) is 0 Å². The zero-order valence-electron chi connectivity index (χ0n) is 6.04. The normalized spacial score (nSPS) is 20.2. The number of hydrogen-bond acceptors (Lipinski definition) is 5. The van der Waals surface area contributed by atoms with Gasteiger partial charge in [0.1, 0.15) is 3.82 Å². The molecule has 1 aromatic heterocycles. The predicted octanol–water partition coefficient (Wildman–Crippen LogP) is 4.47. The molecule has 0 saturated carbocycles. The molecular weight excluding hydrogens is 232 g/mol. The molecule has 0 nitrogen and oxygen atoms in total. The summed E-state index contributed by atoms with van der Waals surface area (Å²) in [6.45, 7) is 4.49. The molecule has 11 heavy (non-hydrogen) atoms. The van der Waals surface area contributed by atoms with E-state index in [-0.39, 0.29) is 0 Å². The van der Waals surface area contributed by atoms with Crippen LogP contribution in [0.15, 0.2) is 9.10 Å². The quantitative estimate of drug-likeness (QED) is 0.483. The average molecular weight is 238 g/mol. The second-order valence-electron chi connectivity index (χ2n) is 2.67. The van der Waals surface area contributed by atoms with Crippen LogP contribution in [0.1, 0.15) is 13.8 Å². The molecule has 60 valence electrons. The van der Waals surface area contributed by atoms with Crippen molar-refractivity contribution in [1.82, 2.24) is 0 Å². The molecule has 0 radical (unpaired) electrons. The van der Waals surface area contributed by atoms with Crippen molar-refractivity contribution in [2.24, 2.45) is 0 Å². The lowest BCUT2D eigenvalue weighted by atomic mass is 10.5. The maximum atomic E-state index is 5.21. The second kappa shape index (κ2) is 2.73. The molecule has 0 bridgehead atoms. The number of fused-ring (bicyclic) bond motifs is 1. The van der Waals surface area contributed by atoms with E-state index in [0.29, 0.717) is 4.08 Å². The topological polar surface area (TPSA) is 0 Å². The molecule has 0 saturated heterocycles. The van der Waals surface area contributed by atoms with Crippen LogP contribution in [0.5, 0.6) is 0 Å². The van der Waals surface area contributed by atoms with Gasteiger partial charge in [-0.2, -0.15) is 0 Å². The summed E-state index contributed by atoms with van der Waals surface area (Å²) in [6.07, 6.45) is 0. The van der Waals surface area contributed by atoms with Crippen molar-refractivity contribution in [3.8, 4) is 0 Å². The van der Waals surface area contributed by atoms with Crippen molar-refractivity contribution in [3.63, 3.8) is 0 Å². The Morgan fingerprint density at radius 1 is 1.18 bits per heavy atom. The number of rotatable bonds is 0. The van der Waals surface area contributed by atoms with E-state index in [9.17, 15) is 0 Å². The molecular formula is C6H6S5. The third kappa shape index (κ3) is 1.54. The summed E-state index contributed by atoms with van der Waals surface area (Å²) in [6, 6.07) is 0. The summed E-state index contributed by atoms with van der Waals surface area (Å²) < 4.78 is 2.81. The van der Waals surface area contributed by atoms with E-state index in [0.717, 1.165) is 3.82 Å². The molecule has 0 amide bonds. The van der Waals surface area contributed by atoms with Gasteiger partial charge in [0, 0.05) is 0 Å². The highest BCUT2D eigenvalue weighted by molar-refractivity contribution is 8.22. The summed E-state index contributed by atoms with van der Waals surface area (Å²) >= 11 is 9.06. The van der Waals surface area contributed by atoms with Crippen LogP contribution in [0.2, 0.25) is 0 Å². The van der Waals surface area contributed by atoms with E-state index in [1.807, 2.05) is 33.9 Å². The smallest absolute Gasteiger partial charge is 0.104 e. The highest BCUT2D eigenvalue weighted by Crippen LogP contribution is 2.58. The van der Waals surface area contributed by atoms with Gasteiger partial charge in [0.15, 0.2) is 0 Å². The van der Waals surface area contributed by atoms with E-state index in [4.69, 9.17) is 12.2 Å². The van der Waals surface area contributed by atoms with Crippen LogP contribution in [0.25, 0.3) is 0 Å². The summed E-state index contributed by atoms with van der Waals surface area (Å²) in [4.78, 5) is 1.35. The fourth-order valence-electron chi connectivity index (χ4n) is 0.871. The first-order valence-corrected chi connectivity index (χ1v) is 7.29. The maximum Gasteiger partial charge on any atom is 0.116 e. The van der Waals surface area contributed by atoms with Gasteiger partial charge in [-0.1, -0.05) is 44.7 Å². The van der Waals surface area contributed by atoms with E-state index in [2.05, 4.69) is 13.8 Å². The highest BCUT2D eigenvalue weighted by atomic mass is 32.9. The van der Waals surface area contributed by atoms with Crippen molar-refractivity contribution in [2.45, 2.75) is 27.0 Å². The first-order valence-electron chi connectivity index (χ1n) is 3.10. The second-order valence-corrected chi connectivity index (χ2v) is 9.27. The fourth-order valence-corrected chi connectivity index (χ4v) is 7.69. The largest absolute Gasteiger partial charge is 0.116 e. The zero-order valence-corrected chi connectivity index (χ0v) is 10.1. The van der Waals surface area contributed by atoms with Gasteiger partial charge < -0.3 is 0 Å². The molecule has 5 heteroatoms. The van der Waals surface area contributed by atoms with Crippen LogP contribution < -0.4 is 0 Å². The highest BCUT2D eigenvalue weighted by Gasteiger charge is 2.32. The van der Waals surface area contributed by atoms with Gasteiger partial charge in [0.25, 0.3) is 0 Å². The number of hydrogen-bond donors (Lipinski definition) is 0. The molecule has 2 rings (SSSR count). The van der Waals surface area contributed by atoms with Crippen LogP contribution in [-0.4, -0.2) is 4.08 Å². The molecule has 0 N–H and O–H groups in total. The lowest BCUT2D eigenvalue weighted by molar-refractivity contribution is 1.04. The first-order chi connectivity index (χ1) is 5.08. The van der Waals surface area contributed by atoms with Gasteiger partial charge in [-0.3, -0.25) is 0 Å². The minimum Gasteiger partial charge on any atom is -0.104 e. The van der Waals surface area contributed by atoms with E-state index in [1.54, 1.807) is 10.3 Å². The van der Waals surface area contributed by atoms with Gasteiger partial charge in [0.2, 0.25) is 0 Å². The van der Waals surface area contributed by atoms with Crippen molar-refractivity contribution < 1.29 is 0 Å². The summed E-state index contributed by atoms with van der Waals surface area (Å²) in [5, 5.41) is 0. The van der Waals surface area contributed by atoms with Crippen molar-refractivity contribution >= 4 is 56.4 Å². The Bertz CT molecular complexity index is 331. The standard InChI is InChI=1S/C6H6S5/c1-6(2)8-3-4(7)10-11-5(3)9-6/h1-2H3. The SMILES string of the molecule is CC1(C)Sc2ssc(=S)c2S1. The molecule has 0 spiro atoms. The summed E-state index contributed by atoms with van der Waals surface area (Å²) in [7, 11) is 3.54. The molecule has 0 fully saturated rings. The molecule has 1 aliphatic rings. The minimum absolute atomic E-state index is 0.308. The molecule has 0 unspecified atom stereocenters. The van der Waals surface area contributed by atoms with Crippen molar-refractivity contribution in [1.29, 1.82) is 0 Å². The van der Waals surface area contributed by atoms with Crippen LogP contribution in [0.3, 0.4) is 0 Å². The van der Waals surface area contributed by atoms with E-state index in [1.165, 1.54) is 9.10 Å².